The molecular formula is C28H25N4O14S4+. The molecule has 7 rings (SSSR count). The Bertz CT molecular complexity index is 2700. The maximum atomic E-state index is 15.0. The third kappa shape index (κ3) is 5.41. The van der Waals surface area contributed by atoms with Crippen molar-refractivity contribution in [2.45, 2.75) is 26.0 Å². The topological polar surface area (TPSA) is 281 Å². The minimum absolute atomic E-state index is 0.271. The van der Waals surface area contributed by atoms with Gasteiger partial charge in [-0.2, -0.15) is 33.7 Å². The molecule has 7 bridgehead atoms. The second-order valence-electron chi connectivity index (χ2n) is 11.7. The van der Waals surface area contributed by atoms with Gasteiger partial charge in [0.2, 0.25) is 0 Å². The number of likely N-dealkylation sites (N-methyl/N-ethyl adjacent to an activating group) is 1. The number of nitrogens with one attached hydrogen (secondary N) is 2. The molecule has 1 aliphatic carbocycles. The van der Waals surface area contributed by atoms with E-state index in [1.807, 2.05) is 0 Å². The zero-order valence-electron chi connectivity index (χ0n) is 25.5. The van der Waals surface area contributed by atoms with Crippen LogP contribution in [0.1, 0.15) is 21.6 Å². The number of fused-ring (bicyclic) bond motifs is 3. The molecule has 2 aliphatic heterocycles. The van der Waals surface area contributed by atoms with Crippen LogP contribution in [0.2, 0.25) is 0 Å². The van der Waals surface area contributed by atoms with Gasteiger partial charge in [-0.05, 0) is 71.1 Å². The van der Waals surface area contributed by atoms with Crippen molar-refractivity contribution in [2.75, 3.05) is 17.7 Å². The molecule has 3 amide bonds. The Hall–Kier alpha value is -4.52. The van der Waals surface area contributed by atoms with Gasteiger partial charge in [0.25, 0.3) is 35.2 Å². The lowest BCUT2D eigenvalue weighted by Crippen LogP contribution is -2.70. The number of urea groups is 1. The summed E-state index contributed by atoms with van der Waals surface area (Å²) >= 11 is 0. The molecule has 50 heavy (non-hydrogen) atoms. The number of aromatic nitrogens is 1. The van der Waals surface area contributed by atoms with Crippen molar-refractivity contribution < 1.29 is 61.5 Å². The van der Waals surface area contributed by atoms with Crippen LogP contribution in [0.25, 0.3) is 16.8 Å². The van der Waals surface area contributed by atoms with Crippen LogP contribution in [-0.4, -0.2) is 80.3 Å². The number of rotatable bonds is 5. The molecule has 0 saturated heterocycles. The number of quaternary nitrogens is 1. The summed E-state index contributed by atoms with van der Waals surface area (Å²) in [5.74, 6) is -1.22. The SMILES string of the molecule is Cn1cccc1C(=O)[N+]1(C)c2cc(S(=O)(=O)O)cc3cc(cc(S(=O)(=O)O)c23)NC(=O)Nc2cc3c(c(S(=O)(=O)O)c2)C=CC1(S(=O)(=O)O)C3. The summed E-state index contributed by atoms with van der Waals surface area (Å²) < 4.78 is 146. The van der Waals surface area contributed by atoms with E-state index in [0.717, 1.165) is 43.5 Å². The van der Waals surface area contributed by atoms with Gasteiger partial charge in [0.15, 0.2) is 5.69 Å². The Morgan fingerprint density at radius 1 is 0.840 bits per heavy atom. The molecule has 0 saturated carbocycles. The first kappa shape index (κ1) is 35.3. The number of nitrogens with zero attached hydrogens (tertiary/aromatic N) is 2. The number of hydrogen-bond donors (Lipinski definition) is 6. The van der Waals surface area contributed by atoms with Crippen molar-refractivity contribution in [1.29, 1.82) is 0 Å². The van der Waals surface area contributed by atoms with Crippen LogP contribution < -0.4 is 15.1 Å². The van der Waals surface area contributed by atoms with Crippen molar-refractivity contribution in [3.05, 3.63) is 77.6 Å². The van der Waals surface area contributed by atoms with Gasteiger partial charge in [-0.3, -0.25) is 18.2 Å². The fraction of sp³-hybridized carbons (Fsp3) is 0.143. The normalized spacial score (nSPS) is 20.9. The molecule has 264 valence electrons. The van der Waals surface area contributed by atoms with Gasteiger partial charge in [-0.25, -0.2) is 14.1 Å². The molecular weight excluding hydrogens is 745 g/mol. The van der Waals surface area contributed by atoms with Gasteiger partial charge in [0.1, 0.15) is 20.4 Å². The van der Waals surface area contributed by atoms with E-state index in [9.17, 15) is 61.5 Å². The molecule has 2 unspecified atom stereocenters. The van der Waals surface area contributed by atoms with E-state index >= 15 is 0 Å². The van der Waals surface area contributed by atoms with Gasteiger partial charge in [-0.1, -0.05) is 0 Å². The second-order valence-corrected chi connectivity index (χ2v) is 17.6. The molecule has 2 atom stereocenters. The monoisotopic (exact) mass is 769 g/mol. The van der Waals surface area contributed by atoms with E-state index in [4.69, 9.17) is 0 Å². The molecule has 0 fully saturated rings. The summed E-state index contributed by atoms with van der Waals surface area (Å²) in [6.07, 6.45) is 1.92. The third-order valence-corrected chi connectivity index (χ3v) is 12.9. The Morgan fingerprint density at radius 3 is 1.98 bits per heavy atom. The first-order chi connectivity index (χ1) is 22.9. The third-order valence-electron chi connectivity index (χ3n) is 8.77. The summed E-state index contributed by atoms with van der Waals surface area (Å²) in [5.41, 5.74) is -2.46. The number of benzene rings is 3. The van der Waals surface area contributed by atoms with Crippen LogP contribution >= 0.6 is 0 Å². The molecule has 0 spiro atoms. The van der Waals surface area contributed by atoms with Crippen LogP contribution in [0, 0.1) is 0 Å². The standard InChI is InChI=1S/C28H24N4O14S4/c1-31-7-3-4-21(31)26(33)32(2)22-13-19(47(35,36)37)10-15-8-17(12-24(25(15)22)49(41,42)43)29-27(34)30-18-9-16-14-28(32,50(44,45)46)6-5-20(16)23(11-18)48(38,39)40/h3-13H,14H2,1-2H3,(H5-,29,30,34,35,36,37,38,39,40,41,42,43,44,45,46)/p+1. The highest BCUT2D eigenvalue weighted by molar-refractivity contribution is 7.87. The minimum atomic E-state index is -5.70. The molecule has 6 N–H and O–H groups in total. The quantitative estimate of drug-likeness (QED) is 0.126. The molecule has 0 radical (unpaired) electrons. The van der Waals surface area contributed by atoms with Crippen LogP contribution in [0.15, 0.2) is 75.5 Å². The number of aryl methyl sites for hydroxylation is 1. The number of anilines is 2. The van der Waals surface area contributed by atoms with E-state index in [0.29, 0.717) is 12.1 Å². The summed E-state index contributed by atoms with van der Waals surface area (Å²) in [6, 6.07) is 6.43. The number of carbonyl (C=O) groups excluding carboxylic acids is 2. The molecule has 3 aromatic carbocycles. The van der Waals surface area contributed by atoms with Crippen LogP contribution in [-0.2, 0) is 53.9 Å². The van der Waals surface area contributed by atoms with Crippen molar-refractivity contribution in [3.8, 4) is 0 Å². The van der Waals surface area contributed by atoms with Gasteiger partial charge >= 0.3 is 22.1 Å². The zero-order valence-corrected chi connectivity index (χ0v) is 28.7. The van der Waals surface area contributed by atoms with E-state index in [1.165, 1.54) is 29.9 Å². The summed E-state index contributed by atoms with van der Waals surface area (Å²) in [7, 11) is -19.2. The number of carbonyl (C=O) groups is 2. The fourth-order valence-electron chi connectivity index (χ4n) is 6.46. The van der Waals surface area contributed by atoms with Crippen molar-refractivity contribution in [2.24, 2.45) is 7.05 Å². The molecule has 3 aliphatic rings. The smallest absolute Gasteiger partial charge is 0.343 e. The Morgan fingerprint density at radius 2 is 1.44 bits per heavy atom. The predicted octanol–water partition coefficient (Wildman–Crippen LogP) is 2.51. The van der Waals surface area contributed by atoms with Gasteiger partial charge < -0.3 is 15.2 Å². The van der Waals surface area contributed by atoms with E-state index < -0.39 is 105 Å². The fourth-order valence-corrected chi connectivity index (χ4v) is 9.73. The maximum Gasteiger partial charge on any atom is 0.368 e. The highest BCUT2D eigenvalue weighted by Gasteiger charge is 2.64. The van der Waals surface area contributed by atoms with Crippen molar-refractivity contribution in [1.82, 2.24) is 9.05 Å². The number of hydrogen-bond acceptors (Lipinski definition) is 10. The highest BCUT2D eigenvalue weighted by Crippen LogP contribution is 2.49. The van der Waals surface area contributed by atoms with Crippen molar-refractivity contribution in [3.63, 3.8) is 0 Å². The largest absolute Gasteiger partial charge is 0.368 e. The number of amides is 3. The summed E-state index contributed by atoms with van der Waals surface area (Å²) in [4.78, 5) is 22.2. The molecule has 4 aromatic rings. The van der Waals surface area contributed by atoms with Gasteiger partial charge in [0, 0.05) is 30.7 Å². The molecule has 18 nitrogen and oxygen atoms in total. The summed E-state index contributed by atoms with van der Waals surface area (Å²) in [5, 5.41) is 3.40. The van der Waals surface area contributed by atoms with E-state index in [2.05, 4.69) is 10.6 Å². The summed E-state index contributed by atoms with van der Waals surface area (Å²) in [6.45, 7) is 0. The molecule has 3 heterocycles. The lowest BCUT2D eigenvalue weighted by Gasteiger charge is -2.46. The predicted molar refractivity (Wildman–Crippen MR) is 177 cm³/mol. The lowest BCUT2D eigenvalue weighted by molar-refractivity contribution is 0.0718. The molecule has 1 aromatic heterocycles. The average molecular weight is 770 g/mol. The minimum Gasteiger partial charge on any atom is -0.343 e. The van der Waals surface area contributed by atoms with Crippen LogP contribution in [0.4, 0.5) is 21.9 Å². The Labute approximate surface area is 284 Å². The zero-order chi connectivity index (χ0) is 37.0. The Balaban J connectivity index is 1.94. The first-order valence-electron chi connectivity index (χ1n) is 13.9. The van der Waals surface area contributed by atoms with E-state index in [-0.39, 0.29) is 22.5 Å². The second kappa shape index (κ2) is 11.0. The highest BCUT2D eigenvalue weighted by atomic mass is 32.2. The maximum absolute atomic E-state index is 15.0. The average Bonchev–Trinajstić information content (AvgIpc) is 3.41. The van der Waals surface area contributed by atoms with Gasteiger partial charge in [0.05, 0.1) is 18.9 Å². The lowest BCUT2D eigenvalue weighted by atomic mass is 9.89. The van der Waals surface area contributed by atoms with Crippen LogP contribution in [0.5, 0.6) is 0 Å². The van der Waals surface area contributed by atoms with Crippen molar-refractivity contribution >= 4 is 86.3 Å². The Kier molecular flexibility index (Phi) is 7.76. The van der Waals surface area contributed by atoms with Crippen LogP contribution in [0.3, 0.4) is 0 Å². The molecule has 22 heteroatoms. The van der Waals surface area contributed by atoms with Gasteiger partial charge in [-0.15, -0.1) is 0 Å². The van der Waals surface area contributed by atoms with E-state index in [1.54, 1.807) is 0 Å². The first-order valence-corrected chi connectivity index (χ1v) is 19.6.